The number of aliphatic hydroxyl groups is 1. The van der Waals surface area contributed by atoms with Crippen LogP contribution >= 0.6 is 0 Å². The number of carbonyl (C=O) groups excluding carboxylic acids is 1. The van der Waals surface area contributed by atoms with Crippen LogP contribution in [-0.4, -0.2) is 91.2 Å². The highest BCUT2D eigenvalue weighted by Gasteiger charge is 2.36. The monoisotopic (exact) mass is 356 g/mol. The van der Waals surface area contributed by atoms with Crippen LogP contribution in [0, 0.1) is 23.5 Å². The Morgan fingerprint density at radius 2 is 1.96 bits per heavy atom. The lowest BCUT2D eigenvalue weighted by Gasteiger charge is -2.25. The van der Waals surface area contributed by atoms with E-state index in [-0.39, 0.29) is 24.1 Å². The number of nitrogens with zero attached hydrogens (tertiary/aromatic N) is 4. The Morgan fingerprint density at radius 3 is 2.56 bits per heavy atom. The van der Waals surface area contributed by atoms with Crippen LogP contribution in [-0.2, 0) is 0 Å². The maximum Gasteiger partial charge on any atom is 0.275 e. The highest BCUT2D eigenvalue weighted by Crippen LogP contribution is 2.25. The second-order valence-corrected chi connectivity index (χ2v) is 6.96. The SMILES string of the molecule is CN(C)CCN(C)C[C@@H]1CN(C(=O)c2ncc(F)cc2F)C[C@@H]1CO. The minimum absolute atomic E-state index is 0.0324. The molecule has 6 nitrogen and oxygen atoms in total. The zero-order valence-corrected chi connectivity index (χ0v) is 15.0. The summed E-state index contributed by atoms with van der Waals surface area (Å²) in [6.45, 7) is 3.27. The lowest BCUT2D eigenvalue weighted by atomic mass is 9.96. The molecule has 1 aromatic rings. The van der Waals surface area contributed by atoms with Gasteiger partial charge >= 0.3 is 0 Å². The minimum Gasteiger partial charge on any atom is -0.396 e. The number of likely N-dealkylation sites (N-methyl/N-ethyl adjacent to an activating group) is 2. The standard InChI is InChI=1S/C17H26F2N4O2/c1-21(2)4-5-22(3)8-12-9-23(10-13(12)11-24)17(25)16-15(19)6-14(18)7-20-16/h6-7,12-13,24H,4-5,8-11H2,1-3H3/t12-,13-/m1/s1. The molecule has 0 unspecified atom stereocenters. The van der Waals surface area contributed by atoms with E-state index in [0.717, 1.165) is 25.8 Å². The summed E-state index contributed by atoms with van der Waals surface area (Å²) in [5.74, 6) is -2.30. The predicted octanol–water partition coefficient (Wildman–Crippen LogP) is 0.534. The van der Waals surface area contributed by atoms with E-state index in [1.54, 1.807) is 0 Å². The van der Waals surface area contributed by atoms with Crippen molar-refractivity contribution in [1.82, 2.24) is 19.7 Å². The molecule has 1 fully saturated rings. The van der Waals surface area contributed by atoms with E-state index in [2.05, 4.69) is 14.8 Å². The first-order valence-electron chi connectivity index (χ1n) is 8.36. The predicted molar refractivity (Wildman–Crippen MR) is 90.2 cm³/mol. The molecule has 0 aromatic carbocycles. The van der Waals surface area contributed by atoms with Crippen molar-refractivity contribution in [3.05, 3.63) is 29.6 Å². The fourth-order valence-electron chi connectivity index (χ4n) is 3.10. The van der Waals surface area contributed by atoms with E-state index in [1.807, 2.05) is 21.1 Å². The van der Waals surface area contributed by atoms with E-state index in [1.165, 1.54) is 4.90 Å². The molecule has 0 aliphatic carbocycles. The Hall–Kier alpha value is -1.64. The van der Waals surface area contributed by atoms with Crippen molar-refractivity contribution < 1.29 is 18.7 Å². The maximum atomic E-state index is 13.8. The molecular formula is C17H26F2N4O2. The summed E-state index contributed by atoms with van der Waals surface area (Å²) in [7, 11) is 6.01. The first-order chi connectivity index (χ1) is 11.8. The Labute approximate surface area is 147 Å². The molecule has 0 saturated carbocycles. The van der Waals surface area contributed by atoms with Gasteiger partial charge < -0.3 is 19.8 Å². The topological polar surface area (TPSA) is 59.9 Å². The van der Waals surface area contributed by atoms with Crippen LogP contribution in [0.5, 0.6) is 0 Å². The molecule has 8 heteroatoms. The van der Waals surface area contributed by atoms with Gasteiger partial charge in [-0.1, -0.05) is 0 Å². The number of hydrogen-bond donors (Lipinski definition) is 1. The van der Waals surface area contributed by atoms with Crippen LogP contribution in [0.25, 0.3) is 0 Å². The highest BCUT2D eigenvalue weighted by molar-refractivity contribution is 5.92. The van der Waals surface area contributed by atoms with Crippen LogP contribution in [0.4, 0.5) is 8.78 Å². The number of aliphatic hydroxyl groups excluding tert-OH is 1. The summed E-state index contributed by atoms with van der Waals surface area (Å²) in [4.78, 5) is 21.8. The van der Waals surface area contributed by atoms with Gasteiger partial charge in [-0.3, -0.25) is 4.79 Å². The first kappa shape index (κ1) is 19.7. The third kappa shape index (κ3) is 5.17. The third-order valence-corrected chi connectivity index (χ3v) is 4.58. The second-order valence-electron chi connectivity index (χ2n) is 6.96. The smallest absolute Gasteiger partial charge is 0.275 e. The molecule has 2 atom stereocenters. The number of halogens is 2. The molecule has 0 radical (unpaired) electrons. The largest absolute Gasteiger partial charge is 0.396 e. The van der Waals surface area contributed by atoms with Crippen molar-refractivity contribution in [1.29, 1.82) is 0 Å². The normalized spacial score (nSPS) is 20.7. The van der Waals surface area contributed by atoms with Gasteiger partial charge in [-0.25, -0.2) is 13.8 Å². The van der Waals surface area contributed by atoms with Gasteiger partial charge in [0.25, 0.3) is 5.91 Å². The van der Waals surface area contributed by atoms with Gasteiger partial charge in [0, 0.05) is 51.3 Å². The fraction of sp³-hybridized carbons (Fsp3) is 0.647. The summed E-state index contributed by atoms with van der Waals surface area (Å²) >= 11 is 0. The zero-order valence-electron chi connectivity index (χ0n) is 15.0. The van der Waals surface area contributed by atoms with Gasteiger partial charge in [0.1, 0.15) is 5.82 Å². The third-order valence-electron chi connectivity index (χ3n) is 4.58. The minimum atomic E-state index is -0.961. The fourth-order valence-corrected chi connectivity index (χ4v) is 3.10. The van der Waals surface area contributed by atoms with Gasteiger partial charge in [0.05, 0.1) is 6.20 Å². The summed E-state index contributed by atoms with van der Waals surface area (Å²) in [5.41, 5.74) is -0.375. The molecule has 140 valence electrons. The summed E-state index contributed by atoms with van der Waals surface area (Å²) < 4.78 is 26.8. The van der Waals surface area contributed by atoms with Crippen molar-refractivity contribution in [2.24, 2.45) is 11.8 Å². The van der Waals surface area contributed by atoms with E-state index >= 15 is 0 Å². The summed E-state index contributed by atoms with van der Waals surface area (Å²) in [6, 6.07) is 0.659. The van der Waals surface area contributed by atoms with Gasteiger partial charge in [-0.15, -0.1) is 0 Å². The lowest BCUT2D eigenvalue weighted by molar-refractivity contribution is 0.0768. The van der Waals surface area contributed by atoms with Gasteiger partial charge in [0.2, 0.25) is 0 Å². The highest BCUT2D eigenvalue weighted by atomic mass is 19.1. The van der Waals surface area contributed by atoms with Gasteiger partial charge in [0.15, 0.2) is 11.5 Å². The van der Waals surface area contributed by atoms with Crippen LogP contribution in [0.1, 0.15) is 10.5 Å². The van der Waals surface area contributed by atoms with Crippen LogP contribution in [0.3, 0.4) is 0 Å². The Balaban J connectivity index is 2.01. The molecule has 1 aliphatic heterocycles. The van der Waals surface area contributed by atoms with Crippen molar-refractivity contribution in [2.75, 3.05) is 60.5 Å². The van der Waals surface area contributed by atoms with Crippen molar-refractivity contribution in [3.8, 4) is 0 Å². The zero-order chi connectivity index (χ0) is 18.6. The Kier molecular flexibility index (Phi) is 6.80. The van der Waals surface area contributed by atoms with Gasteiger partial charge in [-0.2, -0.15) is 0 Å². The quantitative estimate of drug-likeness (QED) is 0.773. The Bertz CT molecular complexity index is 600. The second kappa shape index (κ2) is 8.64. The number of rotatable bonds is 7. The van der Waals surface area contributed by atoms with Crippen LogP contribution < -0.4 is 0 Å². The van der Waals surface area contributed by atoms with Crippen LogP contribution in [0.15, 0.2) is 12.3 Å². The van der Waals surface area contributed by atoms with Crippen molar-refractivity contribution >= 4 is 5.91 Å². The van der Waals surface area contributed by atoms with E-state index in [9.17, 15) is 18.7 Å². The molecule has 1 amide bonds. The number of aromatic nitrogens is 1. The number of likely N-dealkylation sites (tertiary alicyclic amines) is 1. The first-order valence-corrected chi connectivity index (χ1v) is 8.36. The number of hydrogen-bond acceptors (Lipinski definition) is 5. The molecule has 0 bridgehead atoms. The molecule has 1 aliphatic rings. The van der Waals surface area contributed by atoms with E-state index in [0.29, 0.717) is 19.2 Å². The molecular weight excluding hydrogens is 330 g/mol. The number of amides is 1. The molecule has 1 saturated heterocycles. The average molecular weight is 356 g/mol. The molecule has 1 aromatic heterocycles. The number of pyridine rings is 1. The molecule has 25 heavy (non-hydrogen) atoms. The molecule has 2 heterocycles. The van der Waals surface area contributed by atoms with E-state index in [4.69, 9.17) is 0 Å². The summed E-state index contributed by atoms with van der Waals surface area (Å²) in [6.07, 6.45) is 0.836. The van der Waals surface area contributed by atoms with E-state index < -0.39 is 17.5 Å². The molecule has 0 spiro atoms. The van der Waals surface area contributed by atoms with Crippen LogP contribution in [0.2, 0.25) is 0 Å². The number of carbonyl (C=O) groups is 1. The lowest BCUT2D eigenvalue weighted by Crippen LogP contribution is -2.35. The maximum absolute atomic E-state index is 13.8. The van der Waals surface area contributed by atoms with Gasteiger partial charge in [-0.05, 0) is 27.1 Å². The summed E-state index contributed by atoms with van der Waals surface area (Å²) in [5, 5.41) is 9.62. The van der Waals surface area contributed by atoms with Crippen molar-refractivity contribution in [3.63, 3.8) is 0 Å². The Morgan fingerprint density at radius 1 is 1.28 bits per heavy atom. The molecule has 1 N–H and O–H groups in total. The molecule has 2 rings (SSSR count). The average Bonchev–Trinajstić information content (AvgIpc) is 2.95. The van der Waals surface area contributed by atoms with Crippen molar-refractivity contribution in [2.45, 2.75) is 0 Å².